The molecular formula is C15H15Cl2NS. The Kier molecular flexibility index (Phi) is 5.17. The molecule has 0 aliphatic heterocycles. The molecule has 2 aromatic rings. The molecule has 0 radical (unpaired) electrons. The summed E-state index contributed by atoms with van der Waals surface area (Å²) >= 11 is 13.8. The highest BCUT2D eigenvalue weighted by Gasteiger charge is 2.13. The van der Waals surface area contributed by atoms with Gasteiger partial charge in [0.2, 0.25) is 0 Å². The molecule has 19 heavy (non-hydrogen) atoms. The van der Waals surface area contributed by atoms with Gasteiger partial charge in [-0.15, -0.1) is 11.8 Å². The number of rotatable bonds is 4. The minimum atomic E-state index is -0.0673. The standard InChI is InChI=1S/C15H15Cl2NS/c1-19-15-5-3-2-4-12(15)14(18)8-10-6-7-11(16)9-13(10)17/h2-7,9,14H,8,18H2,1H3. The number of halogens is 2. The van der Waals surface area contributed by atoms with Crippen molar-refractivity contribution in [2.75, 3.05) is 6.26 Å². The van der Waals surface area contributed by atoms with Crippen molar-refractivity contribution < 1.29 is 0 Å². The quantitative estimate of drug-likeness (QED) is 0.808. The minimum Gasteiger partial charge on any atom is -0.324 e. The number of hydrogen-bond acceptors (Lipinski definition) is 2. The first kappa shape index (κ1) is 14.7. The van der Waals surface area contributed by atoms with Gasteiger partial charge in [-0.05, 0) is 42.0 Å². The van der Waals surface area contributed by atoms with E-state index in [1.807, 2.05) is 24.3 Å². The monoisotopic (exact) mass is 311 g/mol. The van der Waals surface area contributed by atoms with Gasteiger partial charge in [0.05, 0.1) is 0 Å². The molecule has 1 nitrogen and oxygen atoms in total. The zero-order valence-electron chi connectivity index (χ0n) is 10.6. The van der Waals surface area contributed by atoms with E-state index in [1.54, 1.807) is 17.8 Å². The molecule has 2 aromatic carbocycles. The van der Waals surface area contributed by atoms with E-state index in [9.17, 15) is 0 Å². The summed E-state index contributed by atoms with van der Waals surface area (Å²) in [5.74, 6) is 0. The summed E-state index contributed by atoms with van der Waals surface area (Å²) in [7, 11) is 0. The molecule has 4 heteroatoms. The third kappa shape index (κ3) is 3.67. The van der Waals surface area contributed by atoms with Crippen LogP contribution in [0.1, 0.15) is 17.2 Å². The summed E-state index contributed by atoms with van der Waals surface area (Å²) in [5.41, 5.74) is 8.48. The molecule has 0 aliphatic rings. The molecule has 0 amide bonds. The summed E-state index contributed by atoms with van der Waals surface area (Å²) in [4.78, 5) is 1.21. The summed E-state index contributed by atoms with van der Waals surface area (Å²) < 4.78 is 0. The average molecular weight is 312 g/mol. The molecule has 1 unspecified atom stereocenters. The van der Waals surface area contributed by atoms with Crippen LogP contribution in [0.15, 0.2) is 47.4 Å². The highest BCUT2D eigenvalue weighted by molar-refractivity contribution is 7.98. The van der Waals surface area contributed by atoms with Crippen molar-refractivity contribution in [2.45, 2.75) is 17.4 Å². The Balaban J connectivity index is 2.23. The summed E-state index contributed by atoms with van der Waals surface area (Å²) in [6.07, 6.45) is 2.76. The second kappa shape index (κ2) is 6.67. The molecule has 0 aromatic heterocycles. The maximum atomic E-state index is 6.31. The molecule has 0 bridgehead atoms. The van der Waals surface area contributed by atoms with E-state index in [0.717, 1.165) is 11.1 Å². The van der Waals surface area contributed by atoms with Crippen molar-refractivity contribution in [3.63, 3.8) is 0 Å². The average Bonchev–Trinajstić information content (AvgIpc) is 2.41. The lowest BCUT2D eigenvalue weighted by Gasteiger charge is -2.16. The fourth-order valence-corrected chi connectivity index (χ4v) is 3.16. The Morgan fingerprint density at radius 2 is 1.89 bits per heavy atom. The van der Waals surface area contributed by atoms with Crippen LogP contribution in [0.4, 0.5) is 0 Å². The van der Waals surface area contributed by atoms with Crippen LogP contribution in [-0.4, -0.2) is 6.26 Å². The molecule has 0 heterocycles. The van der Waals surface area contributed by atoms with Crippen LogP contribution in [0, 0.1) is 0 Å². The smallest absolute Gasteiger partial charge is 0.0453 e. The van der Waals surface area contributed by atoms with E-state index in [1.165, 1.54) is 4.90 Å². The highest BCUT2D eigenvalue weighted by Crippen LogP contribution is 2.29. The van der Waals surface area contributed by atoms with Crippen LogP contribution in [0.5, 0.6) is 0 Å². The maximum Gasteiger partial charge on any atom is 0.0453 e. The van der Waals surface area contributed by atoms with Gasteiger partial charge in [0.15, 0.2) is 0 Å². The van der Waals surface area contributed by atoms with Crippen molar-refractivity contribution in [3.8, 4) is 0 Å². The largest absolute Gasteiger partial charge is 0.324 e. The van der Waals surface area contributed by atoms with Crippen molar-refractivity contribution in [1.82, 2.24) is 0 Å². The third-order valence-electron chi connectivity index (χ3n) is 2.99. The van der Waals surface area contributed by atoms with Crippen molar-refractivity contribution in [2.24, 2.45) is 5.73 Å². The Labute approximate surface area is 128 Å². The molecule has 0 aliphatic carbocycles. The highest BCUT2D eigenvalue weighted by atomic mass is 35.5. The zero-order chi connectivity index (χ0) is 13.8. The van der Waals surface area contributed by atoms with E-state index in [2.05, 4.69) is 18.4 Å². The van der Waals surface area contributed by atoms with Crippen molar-refractivity contribution in [3.05, 3.63) is 63.6 Å². The Morgan fingerprint density at radius 1 is 1.16 bits per heavy atom. The van der Waals surface area contributed by atoms with E-state index < -0.39 is 0 Å². The molecule has 1 atom stereocenters. The van der Waals surface area contributed by atoms with Gasteiger partial charge in [0.25, 0.3) is 0 Å². The Bertz CT molecular complexity index is 572. The Hall–Kier alpha value is -0.670. The van der Waals surface area contributed by atoms with E-state index in [4.69, 9.17) is 28.9 Å². The second-order valence-electron chi connectivity index (χ2n) is 4.29. The second-order valence-corrected chi connectivity index (χ2v) is 5.98. The molecule has 100 valence electrons. The first-order valence-corrected chi connectivity index (χ1v) is 7.92. The van der Waals surface area contributed by atoms with Gasteiger partial charge < -0.3 is 5.73 Å². The van der Waals surface area contributed by atoms with Gasteiger partial charge in [0.1, 0.15) is 0 Å². The first-order valence-electron chi connectivity index (χ1n) is 5.94. The first-order chi connectivity index (χ1) is 9.11. The summed E-state index contributed by atoms with van der Waals surface area (Å²) in [6.45, 7) is 0. The third-order valence-corrected chi connectivity index (χ3v) is 4.39. The number of thioether (sulfide) groups is 1. The number of hydrogen-bond donors (Lipinski definition) is 1. The SMILES string of the molecule is CSc1ccccc1C(N)Cc1ccc(Cl)cc1Cl. The van der Waals surface area contributed by atoms with Crippen molar-refractivity contribution >= 4 is 35.0 Å². The fourth-order valence-electron chi connectivity index (χ4n) is 2.01. The van der Waals surface area contributed by atoms with Crippen LogP contribution in [0.3, 0.4) is 0 Å². The van der Waals surface area contributed by atoms with E-state index in [0.29, 0.717) is 16.5 Å². The van der Waals surface area contributed by atoms with Gasteiger partial charge in [-0.2, -0.15) is 0 Å². The lowest BCUT2D eigenvalue weighted by molar-refractivity contribution is 0.708. The molecule has 0 spiro atoms. The van der Waals surface area contributed by atoms with Gasteiger partial charge in [-0.3, -0.25) is 0 Å². The topological polar surface area (TPSA) is 26.0 Å². The van der Waals surface area contributed by atoms with Crippen LogP contribution < -0.4 is 5.73 Å². The Morgan fingerprint density at radius 3 is 2.58 bits per heavy atom. The molecule has 0 saturated carbocycles. The fraction of sp³-hybridized carbons (Fsp3) is 0.200. The van der Waals surface area contributed by atoms with Gasteiger partial charge in [0, 0.05) is 21.0 Å². The van der Waals surface area contributed by atoms with Crippen LogP contribution in [0.2, 0.25) is 10.0 Å². The van der Waals surface area contributed by atoms with E-state index in [-0.39, 0.29) is 6.04 Å². The number of nitrogens with two attached hydrogens (primary N) is 1. The van der Waals surface area contributed by atoms with Gasteiger partial charge >= 0.3 is 0 Å². The zero-order valence-corrected chi connectivity index (χ0v) is 12.9. The predicted octanol–water partition coefficient (Wildman–Crippen LogP) is 4.96. The van der Waals surface area contributed by atoms with Gasteiger partial charge in [-0.25, -0.2) is 0 Å². The lowest BCUT2D eigenvalue weighted by Crippen LogP contribution is -2.14. The van der Waals surface area contributed by atoms with Crippen molar-refractivity contribution in [1.29, 1.82) is 0 Å². The van der Waals surface area contributed by atoms with Crippen LogP contribution in [0.25, 0.3) is 0 Å². The molecular weight excluding hydrogens is 297 g/mol. The minimum absolute atomic E-state index is 0.0673. The molecule has 0 saturated heterocycles. The summed E-state index contributed by atoms with van der Waals surface area (Å²) in [5, 5.41) is 1.32. The number of benzene rings is 2. The van der Waals surface area contributed by atoms with Crippen LogP contribution >= 0.6 is 35.0 Å². The molecule has 2 rings (SSSR count). The molecule has 2 N–H and O–H groups in total. The normalized spacial score (nSPS) is 12.4. The lowest BCUT2D eigenvalue weighted by atomic mass is 9.99. The van der Waals surface area contributed by atoms with E-state index >= 15 is 0 Å². The maximum absolute atomic E-state index is 6.31. The van der Waals surface area contributed by atoms with Crippen LogP contribution in [-0.2, 0) is 6.42 Å². The molecule has 0 fully saturated rings. The van der Waals surface area contributed by atoms with Gasteiger partial charge in [-0.1, -0.05) is 47.5 Å². The predicted molar refractivity (Wildman–Crippen MR) is 85.3 cm³/mol. The summed E-state index contributed by atoms with van der Waals surface area (Å²) in [6, 6.07) is 13.7.